The molecule has 1 amide bonds. The lowest BCUT2D eigenvalue weighted by molar-refractivity contribution is 0.0422. The first kappa shape index (κ1) is 12.8. The molecule has 4 heteroatoms. The smallest absolute Gasteiger partial charge is 0.252 e. The molecule has 0 unspecified atom stereocenters. The molecule has 0 atom stereocenters. The monoisotopic (exact) mass is 345 g/mol. The predicted octanol–water partition coefficient (Wildman–Crippen LogP) is 2.59. The molecule has 1 fully saturated rings. The van der Waals surface area contributed by atoms with Crippen molar-refractivity contribution in [2.45, 2.75) is 25.3 Å². The van der Waals surface area contributed by atoms with Crippen molar-refractivity contribution in [1.82, 2.24) is 5.32 Å². The minimum Gasteiger partial charge on any atom is -0.381 e. The van der Waals surface area contributed by atoms with E-state index in [1.54, 1.807) is 0 Å². The van der Waals surface area contributed by atoms with Crippen LogP contribution in [0.15, 0.2) is 24.3 Å². The van der Waals surface area contributed by atoms with Crippen molar-refractivity contribution in [3.63, 3.8) is 0 Å². The van der Waals surface area contributed by atoms with Crippen LogP contribution in [0.2, 0.25) is 0 Å². The Morgan fingerprint density at radius 3 is 2.65 bits per heavy atom. The number of amides is 1. The molecule has 1 aromatic rings. The van der Waals surface area contributed by atoms with Gasteiger partial charge >= 0.3 is 0 Å². The Labute approximate surface area is 115 Å². The zero-order chi connectivity index (χ0) is 12.3. The Kier molecular flexibility index (Phi) is 4.04. The van der Waals surface area contributed by atoms with Crippen LogP contribution >= 0.6 is 22.6 Å². The van der Waals surface area contributed by atoms with E-state index in [9.17, 15) is 4.79 Å². The Hall–Kier alpha value is -0.620. The summed E-state index contributed by atoms with van der Waals surface area (Å²) in [6, 6.07) is 7.64. The molecule has 2 rings (SSSR count). The number of benzene rings is 1. The molecule has 1 saturated heterocycles. The normalized spacial score (nSPS) is 18.7. The second kappa shape index (κ2) is 5.35. The fourth-order valence-electron chi connectivity index (χ4n) is 1.93. The highest BCUT2D eigenvalue weighted by Crippen LogP contribution is 2.21. The van der Waals surface area contributed by atoms with E-state index < -0.39 is 0 Å². The maximum atomic E-state index is 12.2. The van der Waals surface area contributed by atoms with Crippen LogP contribution in [0.25, 0.3) is 0 Å². The Balaban J connectivity index is 2.09. The summed E-state index contributed by atoms with van der Waals surface area (Å²) in [5.41, 5.74) is 0.620. The highest BCUT2D eigenvalue weighted by Gasteiger charge is 2.29. The summed E-state index contributed by atoms with van der Waals surface area (Å²) in [5, 5.41) is 3.13. The van der Waals surface area contributed by atoms with E-state index >= 15 is 0 Å². The van der Waals surface area contributed by atoms with Crippen molar-refractivity contribution in [2.24, 2.45) is 0 Å². The quantitative estimate of drug-likeness (QED) is 0.837. The first-order valence-corrected chi connectivity index (χ1v) is 6.83. The molecule has 92 valence electrons. The fourth-order valence-corrected chi connectivity index (χ4v) is 2.57. The first-order valence-electron chi connectivity index (χ1n) is 5.75. The van der Waals surface area contributed by atoms with Gasteiger partial charge < -0.3 is 10.1 Å². The van der Waals surface area contributed by atoms with Gasteiger partial charge in [-0.1, -0.05) is 12.1 Å². The molecule has 1 aromatic carbocycles. The van der Waals surface area contributed by atoms with Gasteiger partial charge in [0.15, 0.2) is 0 Å². The van der Waals surface area contributed by atoms with Crippen LogP contribution in [0.3, 0.4) is 0 Å². The molecule has 0 aliphatic carbocycles. The molecule has 1 N–H and O–H groups in total. The second-order valence-electron chi connectivity index (χ2n) is 4.61. The van der Waals surface area contributed by atoms with Crippen LogP contribution < -0.4 is 5.32 Å². The molecule has 3 nitrogen and oxygen atoms in total. The summed E-state index contributed by atoms with van der Waals surface area (Å²) >= 11 is 2.19. The predicted molar refractivity (Wildman–Crippen MR) is 75.1 cm³/mol. The van der Waals surface area contributed by atoms with Crippen molar-refractivity contribution in [2.75, 3.05) is 13.2 Å². The van der Waals surface area contributed by atoms with Gasteiger partial charge in [-0.05, 0) is 54.5 Å². The van der Waals surface area contributed by atoms with Crippen LogP contribution in [0, 0.1) is 3.57 Å². The molecule has 1 heterocycles. The summed E-state index contributed by atoms with van der Waals surface area (Å²) < 4.78 is 6.31. The van der Waals surface area contributed by atoms with Crippen molar-refractivity contribution in [3.8, 4) is 0 Å². The number of hydrogen-bond donors (Lipinski definition) is 1. The lowest BCUT2D eigenvalue weighted by atomic mass is 9.92. The Morgan fingerprint density at radius 1 is 1.35 bits per heavy atom. The Morgan fingerprint density at radius 2 is 2.00 bits per heavy atom. The van der Waals surface area contributed by atoms with Gasteiger partial charge in [0, 0.05) is 22.3 Å². The van der Waals surface area contributed by atoms with Gasteiger partial charge in [-0.3, -0.25) is 4.79 Å². The van der Waals surface area contributed by atoms with E-state index in [4.69, 9.17) is 4.74 Å². The highest BCUT2D eigenvalue weighted by atomic mass is 127. The summed E-state index contributed by atoms with van der Waals surface area (Å²) in [7, 11) is 0. The van der Waals surface area contributed by atoms with E-state index in [0.717, 1.165) is 35.2 Å². The molecule has 1 aliphatic heterocycles. The third-order valence-electron chi connectivity index (χ3n) is 3.13. The van der Waals surface area contributed by atoms with Crippen LogP contribution in [0.4, 0.5) is 0 Å². The van der Waals surface area contributed by atoms with Crippen LogP contribution in [-0.2, 0) is 4.74 Å². The van der Waals surface area contributed by atoms with Gasteiger partial charge in [-0.15, -0.1) is 0 Å². The topological polar surface area (TPSA) is 38.3 Å². The average molecular weight is 345 g/mol. The van der Waals surface area contributed by atoms with E-state index in [1.165, 1.54) is 0 Å². The van der Waals surface area contributed by atoms with Crippen LogP contribution in [-0.4, -0.2) is 24.7 Å². The number of nitrogens with one attached hydrogen (secondary N) is 1. The van der Waals surface area contributed by atoms with E-state index in [-0.39, 0.29) is 11.4 Å². The van der Waals surface area contributed by atoms with Gasteiger partial charge in [-0.2, -0.15) is 0 Å². The molecule has 0 aromatic heterocycles. The molecular formula is C13H16INO2. The minimum atomic E-state index is -0.131. The molecule has 0 bridgehead atoms. The standard InChI is InChI=1S/C13H16INO2/c1-13(6-8-17-9-7-13)15-12(16)10-4-2-3-5-11(10)14/h2-5H,6-9H2,1H3,(H,15,16). The van der Waals surface area contributed by atoms with E-state index in [1.807, 2.05) is 24.3 Å². The Bertz CT molecular complexity index is 414. The van der Waals surface area contributed by atoms with Gasteiger partial charge in [0.25, 0.3) is 5.91 Å². The largest absolute Gasteiger partial charge is 0.381 e. The van der Waals surface area contributed by atoms with E-state index in [0.29, 0.717) is 0 Å². The first-order chi connectivity index (χ1) is 8.11. The molecular weight excluding hydrogens is 329 g/mol. The molecule has 1 aliphatic rings. The number of hydrogen-bond acceptors (Lipinski definition) is 2. The summed E-state index contributed by atoms with van der Waals surface area (Å²) in [6.07, 6.45) is 1.75. The van der Waals surface area contributed by atoms with Crippen molar-refractivity contribution in [3.05, 3.63) is 33.4 Å². The highest BCUT2D eigenvalue weighted by molar-refractivity contribution is 14.1. The lowest BCUT2D eigenvalue weighted by Crippen LogP contribution is -2.49. The zero-order valence-corrected chi connectivity index (χ0v) is 12.0. The summed E-state index contributed by atoms with van der Waals surface area (Å²) in [6.45, 7) is 3.54. The molecule has 0 saturated carbocycles. The third-order valence-corrected chi connectivity index (χ3v) is 4.07. The van der Waals surface area contributed by atoms with Gasteiger partial charge in [0.05, 0.1) is 5.56 Å². The van der Waals surface area contributed by atoms with Crippen molar-refractivity contribution < 1.29 is 9.53 Å². The number of ether oxygens (including phenoxy) is 1. The minimum absolute atomic E-state index is 0.0133. The average Bonchev–Trinajstić information content (AvgIpc) is 2.29. The van der Waals surface area contributed by atoms with Crippen molar-refractivity contribution >= 4 is 28.5 Å². The molecule has 0 radical (unpaired) electrons. The number of rotatable bonds is 2. The third kappa shape index (κ3) is 3.19. The zero-order valence-electron chi connectivity index (χ0n) is 9.83. The second-order valence-corrected chi connectivity index (χ2v) is 5.77. The van der Waals surface area contributed by atoms with Gasteiger partial charge in [0.1, 0.15) is 0 Å². The van der Waals surface area contributed by atoms with Gasteiger partial charge in [-0.25, -0.2) is 0 Å². The summed E-state index contributed by atoms with van der Waals surface area (Å²) in [4.78, 5) is 12.2. The van der Waals surface area contributed by atoms with E-state index in [2.05, 4.69) is 34.8 Å². The number of carbonyl (C=O) groups excluding carboxylic acids is 1. The fraction of sp³-hybridized carbons (Fsp3) is 0.462. The maximum Gasteiger partial charge on any atom is 0.252 e. The lowest BCUT2D eigenvalue weighted by Gasteiger charge is -2.34. The maximum absolute atomic E-state index is 12.2. The summed E-state index contributed by atoms with van der Waals surface area (Å²) in [5.74, 6) is 0.0133. The van der Waals surface area contributed by atoms with Crippen LogP contribution in [0.5, 0.6) is 0 Å². The number of halogens is 1. The van der Waals surface area contributed by atoms with Crippen molar-refractivity contribution in [1.29, 1.82) is 0 Å². The molecule has 0 spiro atoms. The SMILES string of the molecule is CC1(NC(=O)c2ccccc2I)CCOCC1. The van der Waals surface area contributed by atoms with Gasteiger partial charge in [0.2, 0.25) is 0 Å². The van der Waals surface area contributed by atoms with Crippen LogP contribution in [0.1, 0.15) is 30.1 Å². The molecule has 17 heavy (non-hydrogen) atoms. The number of carbonyl (C=O) groups is 1.